The summed E-state index contributed by atoms with van der Waals surface area (Å²) in [5.74, 6) is 2.42. The molecular formula is C22H20N4O2. The van der Waals surface area contributed by atoms with E-state index in [1.807, 2.05) is 28.8 Å². The Kier molecular flexibility index (Phi) is 3.90. The predicted molar refractivity (Wildman–Crippen MR) is 109 cm³/mol. The lowest BCUT2D eigenvalue weighted by Crippen LogP contribution is -2.15. The second kappa shape index (κ2) is 6.56. The topological polar surface area (TPSA) is 60.7 Å². The third-order valence-electron chi connectivity index (χ3n) is 4.95. The van der Waals surface area contributed by atoms with Crippen molar-refractivity contribution in [1.29, 1.82) is 0 Å². The SMILES string of the molecule is Cc1cccc(C)c1-c1nc2cnccn2c1Nc1ccc2c(c1)OCCO2. The van der Waals surface area contributed by atoms with Gasteiger partial charge >= 0.3 is 0 Å². The predicted octanol–water partition coefficient (Wildman–Crippen LogP) is 4.53. The molecule has 0 amide bonds. The van der Waals surface area contributed by atoms with Gasteiger partial charge in [-0.25, -0.2) is 4.98 Å². The Morgan fingerprint density at radius 3 is 2.61 bits per heavy atom. The highest BCUT2D eigenvalue weighted by atomic mass is 16.6. The molecule has 0 aliphatic carbocycles. The first-order valence-corrected chi connectivity index (χ1v) is 9.26. The number of hydrogen-bond acceptors (Lipinski definition) is 5. The van der Waals surface area contributed by atoms with Crippen molar-refractivity contribution in [2.24, 2.45) is 0 Å². The van der Waals surface area contributed by atoms with Gasteiger partial charge in [-0.3, -0.25) is 9.38 Å². The molecule has 2 aromatic carbocycles. The van der Waals surface area contributed by atoms with Gasteiger partial charge in [0.1, 0.15) is 24.7 Å². The Morgan fingerprint density at radius 1 is 1.00 bits per heavy atom. The average Bonchev–Trinajstić information content (AvgIpc) is 3.06. The highest BCUT2D eigenvalue weighted by Gasteiger charge is 2.19. The number of aryl methyl sites for hydroxylation is 2. The Labute approximate surface area is 162 Å². The van der Waals surface area contributed by atoms with E-state index in [1.165, 1.54) is 11.1 Å². The molecule has 1 N–H and O–H groups in total. The summed E-state index contributed by atoms with van der Waals surface area (Å²) in [5, 5.41) is 3.54. The van der Waals surface area contributed by atoms with Gasteiger partial charge in [0.05, 0.1) is 6.20 Å². The lowest BCUT2D eigenvalue weighted by atomic mass is 10.00. The van der Waals surface area contributed by atoms with Crippen molar-refractivity contribution in [1.82, 2.24) is 14.4 Å². The maximum absolute atomic E-state index is 5.73. The minimum Gasteiger partial charge on any atom is -0.486 e. The summed E-state index contributed by atoms with van der Waals surface area (Å²) in [6, 6.07) is 12.2. The second-order valence-electron chi connectivity index (χ2n) is 6.86. The Balaban J connectivity index is 1.66. The van der Waals surface area contributed by atoms with Crippen LogP contribution in [0.3, 0.4) is 0 Å². The van der Waals surface area contributed by atoms with Crippen LogP contribution in [0, 0.1) is 13.8 Å². The standard InChI is InChI=1S/C22H20N4O2/c1-14-4-3-5-15(2)20(14)21-22(26-9-8-23-13-19(26)25-21)24-16-6-7-17-18(12-16)28-11-10-27-17/h3-9,12-13,24H,10-11H2,1-2H3. The number of nitrogens with zero attached hydrogens (tertiary/aromatic N) is 3. The van der Waals surface area contributed by atoms with Crippen LogP contribution < -0.4 is 14.8 Å². The van der Waals surface area contributed by atoms with Crippen LogP contribution in [0.2, 0.25) is 0 Å². The third-order valence-corrected chi connectivity index (χ3v) is 4.95. The minimum atomic E-state index is 0.561. The molecular weight excluding hydrogens is 352 g/mol. The zero-order valence-corrected chi connectivity index (χ0v) is 15.8. The fourth-order valence-electron chi connectivity index (χ4n) is 3.65. The minimum absolute atomic E-state index is 0.561. The first-order valence-electron chi connectivity index (χ1n) is 9.26. The Bertz CT molecular complexity index is 1160. The molecule has 0 radical (unpaired) electrons. The monoisotopic (exact) mass is 372 g/mol. The largest absolute Gasteiger partial charge is 0.486 e. The quantitative estimate of drug-likeness (QED) is 0.573. The molecule has 1 aliphatic heterocycles. The number of fused-ring (bicyclic) bond motifs is 2. The van der Waals surface area contributed by atoms with Gasteiger partial charge in [0, 0.05) is 29.7 Å². The van der Waals surface area contributed by atoms with Gasteiger partial charge in [0.25, 0.3) is 0 Å². The van der Waals surface area contributed by atoms with Crippen LogP contribution in [-0.4, -0.2) is 27.6 Å². The molecule has 3 heterocycles. The number of hydrogen-bond donors (Lipinski definition) is 1. The van der Waals surface area contributed by atoms with Gasteiger partial charge in [0.2, 0.25) is 0 Å². The number of rotatable bonds is 3. The molecule has 0 saturated carbocycles. The number of anilines is 2. The Hall–Kier alpha value is -3.54. The van der Waals surface area contributed by atoms with E-state index in [0.29, 0.717) is 13.2 Å². The van der Waals surface area contributed by atoms with Crippen LogP contribution in [-0.2, 0) is 0 Å². The molecule has 0 spiro atoms. The summed E-state index contributed by atoms with van der Waals surface area (Å²) in [5.41, 5.74) is 6.10. The van der Waals surface area contributed by atoms with Gasteiger partial charge in [-0.05, 0) is 37.1 Å². The number of benzene rings is 2. The summed E-state index contributed by atoms with van der Waals surface area (Å²) < 4.78 is 13.4. The van der Waals surface area contributed by atoms with E-state index in [9.17, 15) is 0 Å². The number of nitrogens with one attached hydrogen (secondary N) is 1. The summed E-state index contributed by atoms with van der Waals surface area (Å²) >= 11 is 0. The molecule has 140 valence electrons. The summed E-state index contributed by atoms with van der Waals surface area (Å²) in [7, 11) is 0. The van der Waals surface area contributed by atoms with Crippen LogP contribution in [0.1, 0.15) is 11.1 Å². The lowest BCUT2D eigenvalue weighted by Gasteiger charge is -2.19. The lowest BCUT2D eigenvalue weighted by molar-refractivity contribution is 0.171. The van der Waals surface area contributed by atoms with Crippen molar-refractivity contribution in [3.63, 3.8) is 0 Å². The molecule has 28 heavy (non-hydrogen) atoms. The summed E-state index contributed by atoms with van der Waals surface area (Å²) in [6.07, 6.45) is 5.45. The van der Waals surface area contributed by atoms with E-state index in [2.05, 4.69) is 42.3 Å². The van der Waals surface area contributed by atoms with E-state index in [-0.39, 0.29) is 0 Å². The summed E-state index contributed by atoms with van der Waals surface area (Å²) in [4.78, 5) is 9.09. The number of ether oxygens (including phenoxy) is 2. The fraction of sp³-hybridized carbons (Fsp3) is 0.182. The Morgan fingerprint density at radius 2 is 1.79 bits per heavy atom. The molecule has 0 fully saturated rings. The number of aromatic nitrogens is 3. The van der Waals surface area contributed by atoms with Crippen molar-refractivity contribution < 1.29 is 9.47 Å². The van der Waals surface area contributed by atoms with Crippen molar-refractivity contribution in [3.8, 4) is 22.8 Å². The number of imidazole rings is 1. The van der Waals surface area contributed by atoms with Crippen molar-refractivity contribution >= 4 is 17.2 Å². The summed E-state index contributed by atoms with van der Waals surface area (Å²) in [6.45, 7) is 5.36. The van der Waals surface area contributed by atoms with Gasteiger partial charge in [-0.15, -0.1) is 0 Å². The first-order chi connectivity index (χ1) is 13.7. The van der Waals surface area contributed by atoms with E-state index in [4.69, 9.17) is 14.5 Å². The smallest absolute Gasteiger partial charge is 0.163 e. The average molecular weight is 372 g/mol. The highest BCUT2D eigenvalue weighted by molar-refractivity contribution is 5.83. The maximum atomic E-state index is 5.73. The van der Waals surface area contributed by atoms with Gasteiger partial charge in [0.15, 0.2) is 17.1 Å². The van der Waals surface area contributed by atoms with Gasteiger partial charge < -0.3 is 14.8 Å². The molecule has 1 aliphatic rings. The van der Waals surface area contributed by atoms with Gasteiger partial charge in [-0.1, -0.05) is 18.2 Å². The van der Waals surface area contributed by atoms with Crippen molar-refractivity contribution in [2.75, 3.05) is 18.5 Å². The molecule has 0 unspecified atom stereocenters. The van der Waals surface area contributed by atoms with Gasteiger partial charge in [-0.2, -0.15) is 0 Å². The van der Waals surface area contributed by atoms with Crippen LogP contribution in [0.5, 0.6) is 11.5 Å². The van der Waals surface area contributed by atoms with Crippen LogP contribution in [0.25, 0.3) is 16.9 Å². The molecule has 2 aromatic heterocycles. The molecule has 6 heteroatoms. The van der Waals surface area contributed by atoms with Crippen molar-refractivity contribution in [3.05, 3.63) is 66.1 Å². The normalized spacial score (nSPS) is 12.9. The van der Waals surface area contributed by atoms with Crippen LogP contribution in [0.15, 0.2) is 55.0 Å². The molecule has 0 atom stereocenters. The molecule has 5 rings (SSSR count). The molecule has 4 aromatic rings. The fourth-order valence-corrected chi connectivity index (χ4v) is 3.65. The van der Waals surface area contributed by atoms with Crippen molar-refractivity contribution in [2.45, 2.75) is 13.8 Å². The van der Waals surface area contributed by atoms with Crippen LogP contribution >= 0.6 is 0 Å². The van der Waals surface area contributed by atoms with E-state index in [1.54, 1.807) is 12.4 Å². The highest BCUT2D eigenvalue weighted by Crippen LogP contribution is 2.37. The van der Waals surface area contributed by atoms with E-state index >= 15 is 0 Å². The zero-order valence-electron chi connectivity index (χ0n) is 15.8. The van der Waals surface area contributed by atoms with E-state index in [0.717, 1.165) is 39.9 Å². The molecule has 0 bridgehead atoms. The first kappa shape index (κ1) is 16.6. The third kappa shape index (κ3) is 2.74. The molecule has 0 saturated heterocycles. The second-order valence-corrected chi connectivity index (χ2v) is 6.86. The van der Waals surface area contributed by atoms with E-state index < -0.39 is 0 Å². The molecule has 6 nitrogen and oxygen atoms in total. The zero-order chi connectivity index (χ0) is 19.1. The maximum Gasteiger partial charge on any atom is 0.163 e. The van der Waals surface area contributed by atoms with Crippen LogP contribution in [0.4, 0.5) is 11.5 Å².